The van der Waals surface area contributed by atoms with Gasteiger partial charge in [0.15, 0.2) is 0 Å². The van der Waals surface area contributed by atoms with Gasteiger partial charge in [0.1, 0.15) is 0 Å². The summed E-state index contributed by atoms with van der Waals surface area (Å²) < 4.78 is 73.0. The second kappa shape index (κ2) is 9.08. The number of halogens is 3. The molecule has 1 N–H and O–H groups in total. The quantitative estimate of drug-likeness (QED) is 0.376. The van der Waals surface area contributed by atoms with Crippen LogP contribution in [0.15, 0.2) is 83.8 Å². The average Bonchev–Trinajstić information content (AvgIpc) is 2.62. The van der Waals surface area contributed by atoms with Crippen LogP contribution in [-0.2, 0) is 16.3 Å². The second-order valence-corrected chi connectivity index (χ2v) is 9.27. The van der Waals surface area contributed by atoms with E-state index in [9.17, 15) is 26.1 Å². The molecule has 142 valence electrons. The molecular weight excluding hydrogens is 419 g/mol. The minimum atomic E-state index is -4.55. The van der Waals surface area contributed by atoms with Crippen LogP contribution in [0.3, 0.4) is 0 Å². The maximum atomic E-state index is 13.6. The molecule has 0 radical (unpaired) electrons. The fraction of sp³-hybridized carbons (Fsp3) is 0.0526. The first-order valence-corrected chi connectivity index (χ1v) is 10.5. The van der Waals surface area contributed by atoms with Crippen molar-refractivity contribution < 1.29 is 57.1 Å². The van der Waals surface area contributed by atoms with Gasteiger partial charge in [0.25, 0.3) is 10.1 Å². The predicted molar refractivity (Wildman–Crippen MR) is 101 cm³/mol. The zero-order valence-electron chi connectivity index (χ0n) is 15.8. The molecule has 0 fully saturated rings. The monoisotopic (exact) mass is 434 g/mol. The van der Waals surface area contributed by atoms with Crippen molar-refractivity contribution in [2.24, 2.45) is 0 Å². The van der Waals surface area contributed by atoms with Crippen molar-refractivity contribution in [3.8, 4) is 0 Å². The van der Waals surface area contributed by atoms with Crippen LogP contribution in [0.2, 0.25) is 0 Å². The number of hydrogen-bond acceptors (Lipinski definition) is 2. The SMILES string of the molecule is O=S(=O)(O)c1cccc(P(c2ccccc2)c2ccccc2C(F)(F)F)c1.[H-].[Na+]. The van der Waals surface area contributed by atoms with Crippen molar-refractivity contribution in [2.45, 2.75) is 11.1 Å². The van der Waals surface area contributed by atoms with E-state index in [0.29, 0.717) is 10.6 Å². The van der Waals surface area contributed by atoms with E-state index in [0.717, 1.165) is 6.07 Å². The van der Waals surface area contributed by atoms with Gasteiger partial charge < -0.3 is 1.43 Å². The summed E-state index contributed by atoms with van der Waals surface area (Å²) in [5.74, 6) is 0. The van der Waals surface area contributed by atoms with Crippen LogP contribution >= 0.6 is 7.92 Å². The first-order valence-electron chi connectivity index (χ1n) is 7.77. The summed E-state index contributed by atoms with van der Waals surface area (Å²) in [4.78, 5) is -0.354. The van der Waals surface area contributed by atoms with Crippen LogP contribution < -0.4 is 45.5 Å². The molecule has 1 atom stereocenters. The Kier molecular flexibility index (Phi) is 7.48. The standard InChI is InChI=1S/C19H14F3O3PS.Na.H/c20-19(21,22)17-11-4-5-12-18(17)26(14-7-2-1-3-8-14)15-9-6-10-16(13-15)27(23,24)25;;/h1-13H,(H,23,24,25);;/q;+1;-1. The number of hydrogen-bond donors (Lipinski definition) is 1. The van der Waals surface area contributed by atoms with Gasteiger partial charge in [0, 0.05) is 0 Å². The van der Waals surface area contributed by atoms with E-state index >= 15 is 0 Å². The molecule has 0 saturated heterocycles. The van der Waals surface area contributed by atoms with Gasteiger partial charge in [-0.3, -0.25) is 4.55 Å². The first-order chi connectivity index (χ1) is 12.7. The fourth-order valence-corrected chi connectivity index (χ4v) is 5.81. The van der Waals surface area contributed by atoms with Crippen LogP contribution in [-0.4, -0.2) is 13.0 Å². The van der Waals surface area contributed by atoms with Crippen LogP contribution in [0, 0.1) is 0 Å². The molecule has 0 bridgehead atoms. The van der Waals surface area contributed by atoms with E-state index in [1.807, 2.05) is 0 Å². The van der Waals surface area contributed by atoms with Crippen molar-refractivity contribution in [3.63, 3.8) is 0 Å². The van der Waals surface area contributed by atoms with Crippen LogP contribution in [0.4, 0.5) is 13.2 Å². The maximum absolute atomic E-state index is 13.6. The smallest absolute Gasteiger partial charge is 1.00 e. The minimum Gasteiger partial charge on any atom is -1.00 e. The summed E-state index contributed by atoms with van der Waals surface area (Å²) in [6.45, 7) is 0. The van der Waals surface area contributed by atoms with E-state index in [1.54, 1.807) is 36.4 Å². The third kappa shape index (κ3) is 5.23. The van der Waals surface area contributed by atoms with E-state index in [-0.39, 0.29) is 41.2 Å². The fourth-order valence-electron chi connectivity index (χ4n) is 2.70. The summed E-state index contributed by atoms with van der Waals surface area (Å²) in [5, 5.41) is 1.10. The van der Waals surface area contributed by atoms with Gasteiger partial charge in [0.2, 0.25) is 0 Å². The molecule has 28 heavy (non-hydrogen) atoms. The van der Waals surface area contributed by atoms with Crippen molar-refractivity contribution in [3.05, 3.63) is 84.4 Å². The molecule has 0 aliphatic carbocycles. The molecule has 3 nitrogen and oxygen atoms in total. The third-order valence-corrected chi connectivity index (χ3v) is 7.17. The molecule has 9 heteroatoms. The normalized spacial score (nSPS) is 12.9. The maximum Gasteiger partial charge on any atom is 1.00 e. The van der Waals surface area contributed by atoms with E-state index in [4.69, 9.17) is 0 Å². The molecule has 1 unspecified atom stereocenters. The molecule has 0 saturated carbocycles. The molecule has 0 spiro atoms. The van der Waals surface area contributed by atoms with E-state index < -0.39 is 29.8 Å². The van der Waals surface area contributed by atoms with Gasteiger partial charge in [-0.15, -0.1) is 0 Å². The average molecular weight is 434 g/mol. The summed E-state index contributed by atoms with van der Waals surface area (Å²) in [6.07, 6.45) is -4.55. The topological polar surface area (TPSA) is 54.4 Å². The molecule has 0 aliphatic rings. The van der Waals surface area contributed by atoms with Crippen LogP contribution in [0.25, 0.3) is 0 Å². The molecule has 0 amide bonds. The van der Waals surface area contributed by atoms with Crippen LogP contribution in [0.5, 0.6) is 0 Å². The summed E-state index contributed by atoms with van der Waals surface area (Å²) in [5.41, 5.74) is -0.766. The van der Waals surface area contributed by atoms with Gasteiger partial charge in [-0.2, -0.15) is 21.6 Å². The largest absolute Gasteiger partial charge is 1.00 e. The molecule has 0 aliphatic heterocycles. The van der Waals surface area contributed by atoms with Gasteiger partial charge in [0.05, 0.1) is 10.5 Å². The van der Waals surface area contributed by atoms with E-state index in [1.165, 1.54) is 36.4 Å². The number of alkyl halides is 3. The van der Waals surface area contributed by atoms with Crippen LogP contribution in [0.1, 0.15) is 6.99 Å². The molecule has 3 aromatic carbocycles. The molecule has 3 aromatic rings. The Bertz CT molecular complexity index is 1060. The number of rotatable bonds is 4. The zero-order valence-corrected chi connectivity index (χ0v) is 18.5. The summed E-state index contributed by atoms with van der Waals surface area (Å²) in [7, 11) is -6.16. The van der Waals surface area contributed by atoms with Gasteiger partial charge >= 0.3 is 35.7 Å². The minimum absolute atomic E-state index is 0. The Hall–Kier alpha value is -1.21. The van der Waals surface area contributed by atoms with Gasteiger partial charge in [-0.05, 0) is 42.0 Å². The van der Waals surface area contributed by atoms with Crippen molar-refractivity contribution in [1.82, 2.24) is 0 Å². The van der Waals surface area contributed by atoms with Gasteiger partial charge in [-0.25, -0.2) is 0 Å². The van der Waals surface area contributed by atoms with Crippen molar-refractivity contribution >= 4 is 34.0 Å². The zero-order chi connectivity index (χ0) is 19.7. The predicted octanol–water partition coefficient (Wildman–Crippen LogP) is 0.827. The Morgan fingerprint density at radius 3 is 2.00 bits per heavy atom. The summed E-state index contributed by atoms with van der Waals surface area (Å²) in [6, 6.07) is 19.3. The Morgan fingerprint density at radius 2 is 1.39 bits per heavy atom. The Balaban J connectivity index is 0.00000210. The first kappa shape index (κ1) is 23.1. The van der Waals surface area contributed by atoms with Gasteiger partial charge in [-0.1, -0.05) is 60.7 Å². The Labute approximate surface area is 185 Å². The molecule has 0 aromatic heterocycles. The van der Waals surface area contributed by atoms with E-state index in [2.05, 4.69) is 0 Å². The number of benzene rings is 3. The van der Waals surface area contributed by atoms with Crippen molar-refractivity contribution in [2.75, 3.05) is 0 Å². The summed E-state index contributed by atoms with van der Waals surface area (Å²) >= 11 is 0. The molecule has 3 rings (SSSR count). The van der Waals surface area contributed by atoms with Crippen molar-refractivity contribution in [1.29, 1.82) is 0 Å². The third-order valence-electron chi connectivity index (χ3n) is 3.84. The Morgan fingerprint density at radius 1 is 0.821 bits per heavy atom. The molecule has 0 heterocycles. The molecular formula is C19H15F3NaO3PS. The second-order valence-electron chi connectivity index (χ2n) is 5.66.